The van der Waals surface area contributed by atoms with Gasteiger partial charge >= 0.3 is 0 Å². The van der Waals surface area contributed by atoms with Crippen LogP contribution in [0.5, 0.6) is 0 Å². The van der Waals surface area contributed by atoms with E-state index in [0.717, 1.165) is 5.56 Å². The van der Waals surface area contributed by atoms with Crippen molar-refractivity contribution in [2.24, 2.45) is 5.73 Å². The molecule has 0 fully saturated rings. The summed E-state index contributed by atoms with van der Waals surface area (Å²) in [5.74, 6) is 0. The number of allylic oxidation sites excluding steroid dienone is 2. The van der Waals surface area contributed by atoms with Gasteiger partial charge in [0.05, 0.1) is 12.9 Å². The van der Waals surface area contributed by atoms with Crippen LogP contribution < -0.4 is 5.73 Å². The molecule has 2 rings (SSSR count). The van der Waals surface area contributed by atoms with E-state index in [0.29, 0.717) is 6.61 Å². The molecule has 0 bridgehead atoms. The topological polar surface area (TPSA) is 57.4 Å². The highest BCUT2D eigenvalue weighted by atomic mass is 16.5. The number of rotatable bonds is 4. The maximum atomic E-state index is 5.86. The second-order valence-corrected chi connectivity index (χ2v) is 3.42. The van der Waals surface area contributed by atoms with Crippen molar-refractivity contribution < 1.29 is 9.47 Å². The molecule has 2 N–H and O–H groups in total. The number of hydrogen-bond acceptors (Lipinski definition) is 4. The first kappa shape index (κ1) is 10.9. The minimum absolute atomic E-state index is 0.0575. The molecule has 0 radical (unpaired) electrons. The van der Waals surface area contributed by atoms with E-state index >= 15 is 0 Å². The zero-order valence-corrected chi connectivity index (χ0v) is 8.82. The smallest absolute Gasteiger partial charge is 0.140 e. The number of nitrogens with two attached hydrogens (primary N) is 1. The van der Waals surface area contributed by atoms with Crippen molar-refractivity contribution in [1.29, 1.82) is 0 Å². The first-order valence-corrected chi connectivity index (χ1v) is 5.12. The van der Waals surface area contributed by atoms with Gasteiger partial charge in [0, 0.05) is 12.4 Å². The van der Waals surface area contributed by atoms with E-state index < -0.39 is 6.23 Å². The fourth-order valence-electron chi connectivity index (χ4n) is 1.37. The number of hydrogen-bond donors (Lipinski definition) is 1. The van der Waals surface area contributed by atoms with Gasteiger partial charge in [0.1, 0.15) is 12.3 Å². The fraction of sp³-hybridized carbons (Fsp3) is 0.250. The number of pyridine rings is 1. The van der Waals surface area contributed by atoms with Gasteiger partial charge in [-0.05, 0) is 29.8 Å². The number of aromatic nitrogens is 1. The number of nitrogens with zero attached hydrogens (tertiary/aromatic N) is 1. The van der Waals surface area contributed by atoms with Crippen molar-refractivity contribution >= 4 is 0 Å². The van der Waals surface area contributed by atoms with Crippen LogP contribution in [0.2, 0.25) is 0 Å². The molecule has 1 aliphatic heterocycles. The minimum atomic E-state index is -0.439. The standard InChI is InChI=1S/C12H14N2O2/c13-12(10-4-6-14-7-5-10)16-9-11-3-1-2-8-15-11/h1-8,11-12H,9,13H2. The summed E-state index contributed by atoms with van der Waals surface area (Å²) >= 11 is 0. The van der Waals surface area contributed by atoms with Crippen LogP contribution in [0.15, 0.2) is 49.0 Å². The lowest BCUT2D eigenvalue weighted by atomic mass is 10.2. The molecule has 0 spiro atoms. The molecule has 2 unspecified atom stereocenters. The third kappa shape index (κ3) is 2.92. The van der Waals surface area contributed by atoms with Crippen LogP contribution in [0.1, 0.15) is 11.8 Å². The maximum Gasteiger partial charge on any atom is 0.140 e. The van der Waals surface area contributed by atoms with Crippen LogP contribution >= 0.6 is 0 Å². The minimum Gasteiger partial charge on any atom is -0.492 e. The second-order valence-electron chi connectivity index (χ2n) is 3.42. The van der Waals surface area contributed by atoms with E-state index in [4.69, 9.17) is 15.2 Å². The Morgan fingerprint density at radius 2 is 2.19 bits per heavy atom. The van der Waals surface area contributed by atoms with Crippen molar-refractivity contribution in [1.82, 2.24) is 4.98 Å². The van der Waals surface area contributed by atoms with Gasteiger partial charge in [0.25, 0.3) is 0 Å². The molecule has 1 aliphatic rings. The zero-order valence-electron chi connectivity index (χ0n) is 8.82. The predicted molar refractivity (Wildman–Crippen MR) is 60.3 cm³/mol. The molecule has 1 aromatic rings. The van der Waals surface area contributed by atoms with Crippen molar-refractivity contribution in [3.8, 4) is 0 Å². The predicted octanol–water partition coefficient (Wildman–Crippen LogP) is 1.52. The summed E-state index contributed by atoms with van der Waals surface area (Å²) in [5.41, 5.74) is 6.77. The van der Waals surface area contributed by atoms with E-state index in [-0.39, 0.29) is 6.10 Å². The lowest BCUT2D eigenvalue weighted by molar-refractivity contribution is 0.00242. The Balaban J connectivity index is 1.82. The Morgan fingerprint density at radius 1 is 1.38 bits per heavy atom. The van der Waals surface area contributed by atoms with Crippen LogP contribution in [-0.2, 0) is 9.47 Å². The van der Waals surface area contributed by atoms with Crippen molar-refractivity contribution in [3.63, 3.8) is 0 Å². The summed E-state index contributed by atoms with van der Waals surface area (Å²) in [4.78, 5) is 3.92. The fourth-order valence-corrected chi connectivity index (χ4v) is 1.37. The van der Waals surface area contributed by atoms with E-state index in [1.807, 2.05) is 30.4 Å². The maximum absolute atomic E-state index is 5.86. The molecule has 0 saturated heterocycles. The van der Waals surface area contributed by atoms with E-state index in [1.165, 1.54) is 0 Å². The van der Waals surface area contributed by atoms with Crippen molar-refractivity contribution in [2.45, 2.75) is 12.3 Å². The molecule has 16 heavy (non-hydrogen) atoms. The lowest BCUT2D eigenvalue weighted by Crippen LogP contribution is -2.22. The molecular formula is C12H14N2O2. The zero-order chi connectivity index (χ0) is 11.2. The van der Waals surface area contributed by atoms with Gasteiger partial charge in [-0.25, -0.2) is 0 Å². The van der Waals surface area contributed by atoms with E-state index in [9.17, 15) is 0 Å². The average molecular weight is 218 g/mol. The summed E-state index contributed by atoms with van der Waals surface area (Å²) in [7, 11) is 0. The van der Waals surface area contributed by atoms with Crippen molar-refractivity contribution in [3.05, 3.63) is 54.6 Å². The van der Waals surface area contributed by atoms with Gasteiger partial charge < -0.3 is 15.2 Å². The third-order valence-corrected chi connectivity index (χ3v) is 2.24. The van der Waals surface area contributed by atoms with Crippen LogP contribution in [0.3, 0.4) is 0 Å². The number of ether oxygens (including phenoxy) is 2. The summed E-state index contributed by atoms with van der Waals surface area (Å²) in [6.07, 6.45) is 10.2. The Bertz CT molecular complexity index is 376. The third-order valence-electron chi connectivity index (χ3n) is 2.24. The molecule has 2 heterocycles. The van der Waals surface area contributed by atoms with Crippen LogP contribution in [0.25, 0.3) is 0 Å². The molecule has 84 valence electrons. The van der Waals surface area contributed by atoms with Crippen LogP contribution in [0, 0.1) is 0 Å². The molecule has 0 aliphatic carbocycles. The molecule has 4 nitrogen and oxygen atoms in total. The summed E-state index contributed by atoms with van der Waals surface area (Å²) in [6, 6.07) is 3.67. The largest absolute Gasteiger partial charge is 0.492 e. The molecule has 1 aromatic heterocycles. The molecular weight excluding hydrogens is 204 g/mol. The van der Waals surface area contributed by atoms with Gasteiger partial charge in [-0.2, -0.15) is 0 Å². The SMILES string of the molecule is NC(OCC1C=CC=CO1)c1ccncc1. The van der Waals surface area contributed by atoms with Gasteiger partial charge in [-0.3, -0.25) is 4.98 Å². The molecule has 0 aromatic carbocycles. The first-order valence-electron chi connectivity index (χ1n) is 5.12. The van der Waals surface area contributed by atoms with E-state index in [1.54, 1.807) is 18.7 Å². The molecule has 2 atom stereocenters. The van der Waals surface area contributed by atoms with Crippen LogP contribution in [-0.4, -0.2) is 17.7 Å². The summed E-state index contributed by atoms with van der Waals surface area (Å²) in [6.45, 7) is 0.435. The van der Waals surface area contributed by atoms with Gasteiger partial charge in [-0.15, -0.1) is 0 Å². The average Bonchev–Trinajstić information content (AvgIpc) is 2.38. The van der Waals surface area contributed by atoms with Gasteiger partial charge in [0.2, 0.25) is 0 Å². The monoisotopic (exact) mass is 218 g/mol. The van der Waals surface area contributed by atoms with Gasteiger partial charge in [-0.1, -0.05) is 6.08 Å². The Labute approximate surface area is 94.4 Å². The highest BCUT2D eigenvalue weighted by molar-refractivity contribution is 5.12. The quantitative estimate of drug-likeness (QED) is 0.778. The molecule has 0 amide bonds. The summed E-state index contributed by atoms with van der Waals surface area (Å²) in [5, 5.41) is 0. The Hall–Kier alpha value is -1.65. The van der Waals surface area contributed by atoms with Crippen molar-refractivity contribution in [2.75, 3.05) is 6.61 Å². The highest BCUT2D eigenvalue weighted by Gasteiger charge is 2.11. The Kier molecular flexibility index (Phi) is 3.69. The normalized spacial score (nSPS) is 20.4. The lowest BCUT2D eigenvalue weighted by Gasteiger charge is -2.18. The first-order chi connectivity index (χ1) is 7.86. The van der Waals surface area contributed by atoms with E-state index in [2.05, 4.69) is 4.98 Å². The Morgan fingerprint density at radius 3 is 2.88 bits per heavy atom. The van der Waals surface area contributed by atoms with Gasteiger partial charge in [0.15, 0.2) is 0 Å². The highest BCUT2D eigenvalue weighted by Crippen LogP contribution is 2.12. The summed E-state index contributed by atoms with van der Waals surface area (Å²) < 4.78 is 10.8. The molecule has 0 saturated carbocycles. The second kappa shape index (κ2) is 5.44. The van der Waals surface area contributed by atoms with Crippen LogP contribution in [0.4, 0.5) is 0 Å². The molecule has 4 heteroatoms.